The maximum atomic E-state index is 3.45. The summed E-state index contributed by atoms with van der Waals surface area (Å²) in [5.41, 5.74) is 1.40. The van der Waals surface area contributed by atoms with Crippen molar-refractivity contribution in [3.63, 3.8) is 0 Å². The maximum absolute atomic E-state index is 3.45. The molecule has 0 aliphatic rings. The van der Waals surface area contributed by atoms with E-state index in [1.807, 2.05) is 0 Å². The molecule has 0 radical (unpaired) electrons. The highest BCUT2D eigenvalue weighted by Gasteiger charge is 1.99. The average Bonchev–Trinajstić information content (AvgIpc) is 2.04. The molecule has 0 saturated heterocycles. The third-order valence-corrected chi connectivity index (χ3v) is 2.18. The van der Waals surface area contributed by atoms with Crippen LogP contribution in [-0.2, 0) is 6.42 Å². The van der Waals surface area contributed by atoms with Crippen LogP contribution in [0.4, 0.5) is 0 Å². The molecule has 1 heteroatoms. The van der Waals surface area contributed by atoms with Crippen molar-refractivity contribution in [3.05, 3.63) is 46.5 Å². The minimum absolute atomic E-state index is 0.599. The third-order valence-electron chi connectivity index (χ3n) is 1.91. The quantitative estimate of drug-likeness (QED) is 0.742. The Balaban J connectivity index is 2.55. The molecule has 0 bridgehead atoms. The average molecular weight is 239 g/mol. The van der Waals surface area contributed by atoms with Crippen molar-refractivity contribution in [3.8, 4) is 0 Å². The molecule has 0 unspecified atom stereocenters. The zero-order chi connectivity index (χ0) is 9.68. The lowest BCUT2D eigenvalue weighted by Gasteiger charge is -2.06. The molecule has 13 heavy (non-hydrogen) atoms. The van der Waals surface area contributed by atoms with Crippen molar-refractivity contribution in [2.45, 2.75) is 20.3 Å². The Morgan fingerprint density at radius 2 is 2.00 bits per heavy atom. The first kappa shape index (κ1) is 10.5. The molecule has 1 aromatic carbocycles. The first-order valence-corrected chi connectivity index (χ1v) is 5.35. The van der Waals surface area contributed by atoms with Crippen LogP contribution in [0.2, 0.25) is 0 Å². The van der Waals surface area contributed by atoms with E-state index in [1.54, 1.807) is 0 Å². The number of halogens is 1. The zero-order valence-corrected chi connectivity index (χ0v) is 9.71. The highest BCUT2D eigenvalue weighted by atomic mass is 79.9. The Morgan fingerprint density at radius 3 is 2.54 bits per heavy atom. The van der Waals surface area contributed by atoms with Gasteiger partial charge in [-0.15, -0.1) is 0 Å². The van der Waals surface area contributed by atoms with E-state index in [-0.39, 0.29) is 0 Å². The normalized spacial score (nSPS) is 14.2. The Morgan fingerprint density at radius 1 is 1.38 bits per heavy atom. The summed E-state index contributed by atoms with van der Waals surface area (Å²) in [4.78, 5) is 0. The largest absolute Gasteiger partial charge is 0.0715 e. The molecular weight excluding hydrogens is 224 g/mol. The van der Waals surface area contributed by atoms with Crippen molar-refractivity contribution in [2.75, 3.05) is 0 Å². The predicted molar refractivity (Wildman–Crippen MR) is 62.0 cm³/mol. The van der Waals surface area contributed by atoms with E-state index in [1.165, 1.54) is 10.0 Å². The molecule has 0 aliphatic carbocycles. The van der Waals surface area contributed by atoms with Gasteiger partial charge < -0.3 is 0 Å². The van der Waals surface area contributed by atoms with Gasteiger partial charge in [0.1, 0.15) is 0 Å². The highest BCUT2D eigenvalue weighted by Crippen LogP contribution is 2.13. The number of benzene rings is 1. The smallest absolute Gasteiger partial charge is 0.0117 e. The zero-order valence-electron chi connectivity index (χ0n) is 8.13. The fourth-order valence-electron chi connectivity index (χ4n) is 1.44. The Labute approximate surface area is 88.8 Å². The van der Waals surface area contributed by atoms with Crippen LogP contribution in [0.1, 0.15) is 19.4 Å². The van der Waals surface area contributed by atoms with Crippen LogP contribution in [0.5, 0.6) is 0 Å². The van der Waals surface area contributed by atoms with Crippen LogP contribution < -0.4 is 0 Å². The van der Waals surface area contributed by atoms with Gasteiger partial charge in [0.2, 0.25) is 0 Å². The van der Waals surface area contributed by atoms with E-state index in [9.17, 15) is 0 Å². The molecule has 70 valence electrons. The maximum Gasteiger partial charge on any atom is -0.0117 e. The molecule has 0 fully saturated rings. The van der Waals surface area contributed by atoms with E-state index >= 15 is 0 Å². The van der Waals surface area contributed by atoms with E-state index in [2.05, 4.69) is 66.2 Å². The molecular formula is C12H15Br. The molecule has 1 rings (SSSR count). The van der Waals surface area contributed by atoms with E-state index in [4.69, 9.17) is 0 Å². The fourth-order valence-corrected chi connectivity index (χ4v) is 1.89. The van der Waals surface area contributed by atoms with Crippen LogP contribution in [0.3, 0.4) is 0 Å². The van der Waals surface area contributed by atoms with Gasteiger partial charge in [0.05, 0.1) is 0 Å². The van der Waals surface area contributed by atoms with Crippen LogP contribution in [0.15, 0.2) is 40.9 Å². The summed E-state index contributed by atoms with van der Waals surface area (Å²) in [6.07, 6.45) is 3.36. The van der Waals surface area contributed by atoms with Gasteiger partial charge in [-0.25, -0.2) is 0 Å². The molecule has 0 N–H and O–H groups in total. The minimum atomic E-state index is 0.599. The minimum Gasteiger partial charge on any atom is -0.0715 e. The summed E-state index contributed by atoms with van der Waals surface area (Å²) in [6.45, 7) is 4.30. The molecule has 0 saturated carbocycles. The van der Waals surface area contributed by atoms with Gasteiger partial charge in [0, 0.05) is 0 Å². The lowest BCUT2D eigenvalue weighted by Crippen LogP contribution is -1.95. The summed E-state index contributed by atoms with van der Waals surface area (Å²) in [7, 11) is 0. The van der Waals surface area contributed by atoms with Gasteiger partial charge in [-0.3, -0.25) is 0 Å². The molecule has 0 spiro atoms. The lowest BCUT2D eigenvalue weighted by atomic mass is 10.0. The van der Waals surface area contributed by atoms with Gasteiger partial charge in [0.15, 0.2) is 0 Å². The van der Waals surface area contributed by atoms with Crippen LogP contribution in [0, 0.1) is 5.92 Å². The summed E-state index contributed by atoms with van der Waals surface area (Å²) < 4.78 is 1.22. The van der Waals surface area contributed by atoms with E-state index in [0.29, 0.717) is 5.92 Å². The van der Waals surface area contributed by atoms with Crippen LogP contribution >= 0.6 is 15.9 Å². The number of rotatable bonds is 3. The summed E-state index contributed by atoms with van der Waals surface area (Å²) in [5, 5.41) is 0. The monoisotopic (exact) mass is 238 g/mol. The summed E-state index contributed by atoms with van der Waals surface area (Å²) in [5.74, 6) is 0.599. The molecule has 1 aromatic rings. The SMILES string of the molecule is C/C(Br)=C/[C@H](C)Cc1ccccc1. The second-order valence-corrected chi connectivity index (χ2v) is 4.67. The van der Waals surface area contributed by atoms with Gasteiger partial charge in [0.25, 0.3) is 0 Å². The Kier molecular flexibility index (Phi) is 4.23. The van der Waals surface area contributed by atoms with Gasteiger partial charge in [-0.05, 0) is 29.3 Å². The van der Waals surface area contributed by atoms with Gasteiger partial charge in [-0.2, -0.15) is 0 Å². The molecule has 0 aromatic heterocycles. The Bertz CT molecular complexity index is 270. The van der Waals surface area contributed by atoms with E-state index in [0.717, 1.165) is 6.42 Å². The third kappa shape index (κ3) is 4.28. The number of hydrogen-bond acceptors (Lipinski definition) is 0. The Hall–Kier alpha value is -0.560. The second kappa shape index (κ2) is 5.23. The summed E-state index contributed by atoms with van der Waals surface area (Å²) >= 11 is 3.45. The van der Waals surface area contributed by atoms with Gasteiger partial charge >= 0.3 is 0 Å². The lowest BCUT2D eigenvalue weighted by molar-refractivity contribution is 0.722. The first-order valence-electron chi connectivity index (χ1n) is 4.56. The summed E-state index contributed by atoms with van der Waals surface area (Å²) in [6, 6.07) is 10.6. The van der Waals surface area contributed by atoms with Crippen molar-refractivity contribution in [2.24, 2.45) is 5.92 Å². The van der Waals surface area contributed by atoms with Crippen molar-refractivity contribution in [1.29, 1.82) is 0 Å². The van der Waals surface area contributed by atoms with Crippen molar-refractivity contribution < 1.29 is 0 Å². The van der Waals surface area contributed by atoms with Gasteiger partial charge in [-0.1, -0.05) is 59.3 Å². The fraction of sp³-hybridized carbons (Fsp3) is 0.333. The highest BCUT2D eigenvalue weighted by molar-refractivity contribution is 9.11. The van der Waals surface area contributed by atoms with E-state index < -0.39 is 0 Å². The molecule has 0 aliphatic heterocycles. The molecule has 0 nitrogen and oxygen atoms in total. The standard InChI is InChI=1S/C12H15Br/c1-10(8-11(2)13)9-12-6-4-3-5-7-12/h3-8,10H,9H2,1-2H3/b11-8-/t10-/m0/s1. The van der Waals surface area contributed by atoms with Crippen LogP contribution in [-0.4, -0.2) is 0 Å². The van der Waals surface area contributed by atoms with Crippen LogP contribution in [0.25, 0.3) is 0 Å². The number of hydrogen-bond donors (Lipinski definition) is 0. The topological polar surface area (TPSA) is 0 Å². The second-order valence-electron chi connectivity index (χ2n) is 3.42. The van der Waals surface area contributed by atoms with Crippen molar-refractivity contribution in [1.82, 2.24) is 0 Å². The molecule has 1 atom stereocenters. The molecule has 0 amide bonds. The number of allylic oxidation sites excluding steroid dienone is 2. The predicted octanol–water partition coefficient (Wildman–Crippen LogP) is 4.16. The van der Waals surface area contributed by atoms with Crippen molar-refractivity contribution >= 4 is 15.9 Å². The molecule has 0 heterocycles. The first-order chi connectivity index (χ1) is 6.18.